The fourth-order valence-electron chi connectivity index (χ4n) is 3.29. The van der Waals surface area contributed by atoms with Crippen molar-refractivity contribution in [2.75, 3.05) is 13.7 Å². The first-order chi connectivity index (χ1) is 11.7. The molecule has 0 unspecified atom stereocenters. The second kappa shape index (κ2) is 7.88. The molecule has 0 amide bonds. The monoisotopic (exact) mass is 331 g/mol. The Kier molecular flexibility index (Phi) is 5.60. The van der Waals surface area contributed by atoms with Gasteiger partial charge in [0.2, 0.25) is 5.88 Å². The van der Waals surface area contributed by atoms with Crippen LogP contribution in [0.1, 0.15) is 31.2 Å². The van der Waals surface area contributed by atoms with Crippen LogP contribution in [-0.4, -0.2) is 47.0 Å². The van der Waals surface area contributed by atoms with Gasteiger partial charge in [0.1, 0.15) is 0 Å². The Balaban J connectivity index is 1.69. The number of aliphatic hydroxyl groups is 1. The number of nitrogens with zero attached hydrogens (tertiary/aromatic N) is 2. The molecule has 1 aliphatic heterocycles. The van der Waals surface area contributed by atoms with Gasteiger partial charge in [0.25, 0.3) is 0 Å². The van der Waals surface area contributed by atoms with Crippen molar-refractivity contribution in [3.8, 4) is 5.88 Å². The molecule has 3 heterocycles. The molecule has 0 aromatic carbocycles. The van der Waals surface area contributed by atoms with Crippen molar-refractivity contribution in [2.45, 2.75) is 50.4 Å². The number of nitrogens with two attached hydrogens (primary N) is 1. The fourth-order valence-corrected chi connectivity index (χ4v) is 3.29. The summed E-state index contributed by atoms with van der Waals surface area (Å²) in [7, 11) is 1.62. The standard InChI is InChI=1S/C18H25N3O3/c1-23-17-7-6-15-18(21-17)12(8-10-20-15)2-3-13-4-5-14(19)16(24-13)9-11-22/h6-8,10,13-14,16,22H,2-5,9,11,19H2,1H3/t13-,14-,16-/m1/s1. The Morgan fingerprint density at radius 2 is 2.17 bits per heavy atom. The van der Waals surface area contributed by atoms with E-state index in [4.69, 9.17) is 20.3 Å². The largest absolute Gasteiger partial charge is 0.481 e. The van der Waals surface area contributed by atoms with E-state index in [1.807, 2.05) is 24.4 Å². The summed E-state index contributed by atoms with van der Waals surface area (Å²) in [5.74, 6) is 0.597. The molecule has 2 aromatic rings. The summed E-state index contributed by atoms with van der Waals surface area (Å²) in [6.45, 7) is 0.115. The van der Waals surface area contributed by atoms with Crippen molar-refractivity contribution in [3.63, 3.8) is 0 Å². The number of methoxy groups -OCH3 is 1. The topological polar surface area (TPSA) is 90.5 Å². The second-order valence-electron chi connectivity index (χ2n) is 6.28. The summed E-state index contributed by atoms with van der Waals surface area (Å²) in [5.41, 5.74) is 8.98. The molecule has 1 aliphatic rings. The maximum atomic E-state index is 9.14. The van der Waals surface area contributed by atoms with E-state index in [0.717, 1.165) is 42.3 Å². The van der Waals surface area contributed by atoms with E-state index in [1.165, 1.54) is 0 Å². The Morgan fingerprint density at radius 3 is 2.96 bits per heavy atom. The first kappa shape index (κ1) is 17.1. The van der Waals surface area contributed by atoms with Crippen LogP contribution < -0.4 is 10.5 Å². The van der Waals surface area contributed by atoms with Crippen molar-refractivity contribution in [2.24, 2.45) is 5.73 Å². The van der Waals surface area contributed by atoms with E-state index < -0.39 is 0 Å². The number of hydrogen-bond donors (Lipinski definition) is 2. The van der Waals surface area contributed by atoms with Crippen molar-refractivity contribution in [1.29, 1.82) is 0 Å². The van der Waals surface area contributed by atoms with E-state index in [0.29, 0.717) is 12.3 Å². The number of aryl methyl sites for hydroxylation is 1. The average Bonchev–Trinajstić information content (AvgIpc) is 2.62. The van der Waals surface area contributed by atoms with Crippen LogP contribution in [-0.2, 0) is 11.2 Å². The van der Waals surface area contributed by atoms with Crippen LogP contribution in [0.3, 0.4) is 0 Å². The Bertz CT molecular complexity index is 680. The molecule has 0 spiro atoms. The van der Waals surface area contributed by atoms with Gasteiger partial charge in [-0.3, -0.25) is 4.98 Å². The highest BCUT2D eigenvalue weighted by molar-refractivity contribution is 5.78. The molecule has 3 N–H and O–H groups in total. The number of hydrogen-bond acceptors (Lipinski definition) is 6. The smallest absolute Gasteiger partial charge is 0.213 e. The molecule has 1 saturated heterocycles. The predicted octanol–water partition coefficient (Wildman–Crippen LogP) is 1.83. The van der Waals surface area contributed by atoms with E-state index in [9.17, 15) is 0 Å². The average molecular weight is 331 g/mol. The van der Waals surface area contributed by atoms with Crippen molar-refractivity contribution < 1.29 is 14.6 Å². The van der Waals surface area contributed by atoms with Crippen molar-refractivity contribution in [3.05, 3.63) is 30.0 Å². The summed E-state index contributed by atoms with van der Waals surface area (Å²) in [4.78, 5) is 8.90. The third-order valence-corrected chi connectivity index (χ3v) is 4.67. The van der Waals surface area contributed by atoms with Crippen LogP contribution in [0, 0.1) is 0 Å². The number of ether oxygens (including phenoxy) is 2. The first-order valence-corrected chi connectivity index (χ1v) is 8.51. The third-order valence-electron chi connectivity index (χ3n) is 4.67. The number of rotatable bonds is 6. The molecule has 0 radical (unpaired) electrons. The third kappa shape index (κ3) is 3.83. The molecule has 0 bridgehead atoms. The zero-order valence-electron chi connectivity index (χ0n) is 14.0. The molecule has 6 heteroatoms. The Labute approximate surface area is 142 Å². The minimum absolute atomic E-state index is 0.0288. The van der Waals surface area contributed by atoms with Crippen LogP contribution in [0.4, 0.5) is 0 Å². The zero-order valence-corrected chi connectivity index (χ0v) is 14.0. The van der Waals surface area contributed by atoms with Crippen LogP contribution in [0.25, 0.3) is 11.0 Å². The van der Waals surface area contributed by atoms with Gasteiger partial charge in [0, 0.05) is 24.9 Å². The highest BCUT2D eigenvalue weighted by Gasteiger charge is 2.28. The molecule has 24 heavy (non-hydrogen) atoms. The summed E-state index contributed by atoms with van der Waals surface area (Å²) >= 11 is 0. The number of aromatic nitrogens is 2. The van der Waals surface area contributed by atoms with Gasteiger partial charge in [-0.1, -0.05) is 0 Å². The van der Waals surface area contributed by atoms with Gasteiger partial charge in [-0.15, -0.1) is 0 Å². The van der Waals surface area contributed by atoms with Crippen LogP contribution in [0.15, 0.2) is 24.4 Å². The summed E-state index contributed by atoms with van der Waals surface area (Å²) in [5, 5.41) is 9.14. The molecule has 3 rings (SSSR count). The maximum absolute atomic E-state index is 9.14. The van der Waals surface area contributed by atoms with Gasteiger partial charge in [-0.2, -0.15) is 0 Å². The van der Waals surface area contributed by atoms with E-state index in [1.54, 1.807) is 7.11 Å². The summed E-state index contributed by atoms with van der Waals surface area (Å²) in [6, 6.07) is 5.79. The highest BCUT2D eigenvalue weighted by Crippen LogP contribution is 2.25. The molecule has 130 valence electrons. The second-order valence-corrected chi connectivity index (χ2v) is 6.28. The molecular formula is C18H25N3O3. The predicted molar refractivity (Wildman–Crippen MR) is 92.0 cm³/mol. The van der Waals surface area contributed by atoms with Gasteiger partial charge >= 0.3 is 0 Å². The fraction of sp³-hybridized carbons (Fsp3) is 0.556. The quantitative estimate of drug-likeness (QED) is 0.839. The normalized spacial score (nSPS) is 24.2. The number of pyridine rings is 2. The van der Waals surface area contributed by atoms with Crippen LogP contribution in [0.2, 0.25) is 0 Å². The van der Waals surface area contributed by atoms with E-state index in [2.05, 4.69) is 9.97 Å². The minimum Gasteiger partial charge on any atom is -0.481 e. The highest BCUT2D eigenvalue weighted by atomic mass is 16.5. The van der Waals surface area contributed by atoms with Crippen LogP contribution in [0.5, 0.6) is 5.88 Å². The van der Waals surface area contributed by atoms with Gasteiger partial charge in [-0.05, 0) is 49.8 Å². The summed E-state index contributed by atoms with van der Waals surface area (Å²) in [6.07, 6.45) is 6.24. The lowest BCUT2D eigenvalue weighted by atomic mass is 9.94. The maximum Gasteiger partial charge on any atom is 0.213 e. The lowest BCUT2D eigenvalue weighted by Gasteiger charge is -2.34. The van der Waals surface area contributed by atoms with Gasteiger partial charge in [0.05, 0.1) is 30.4 Å². The van der Waals surface area contributed by atoms with E-state index in [-0.39, 0.29) is 24.9 Å². The minimum atomic E-state index is -0.0406. The van der Waals surface area contributed by atoms with Gasteiger partial charge in [0.15, 0.2) is 0 Å². The van der Waals surface area contributed by atoms with Gasteiger partial charge in [-0.25, -0.2) is 4.98 Å². The Morgan fingerprint density at radius 1 is 1.29 bits per heavy atom. The zero-order chi connectivity index (χ0) is 16.9. The molecule has 1 fully saturated rings. The number of fused-ring (bicyclic) bond motifs is 1. The van der Waals surface area contributed by atoms with Crippen LogP contribution >= 0.6 is 0 Å². The molecule has 3 atom stereocenters. The van der Waals surface area contributed by atoms with Crippen molar-refractivity contribution in [1.82, 2.24) is 9.97 Å². The lowest BCUT2D eigenvalue weighted by Crippen LogP contribution is -2.44. The van der Waals surface area contributed by atoms with E-state index >= 15 is 0 Å². The summed E-state index contributed by atoms with van der Waals surface area (Å²) < 4.78 is 11.3. The SMILES string of the molecule is COc1ccc2nccc(CC[C@@H]3CC[C@@H](N)[C@@H](CCO)O3)c2n1. The number of aliphatic hydroxyl groups excluding tert-OH is 1. The Hall–Kier alpha value is -1.76. The molecule has 6 nitrogen and oxygen atoms in total. The molecule has 0 saturated carbocycles. The lowest BCUT2D eigenvalue weighted by molar-refractivity contribution is -0.0717. The van der Waals surface area contributed by atoms with Crippen molar-refractivity contribution >= 4 is 11.0 Å². The molecule has 2 aromatic heterocycles. The molecule has 0 aliphatic carbocycles. The van der Waals surface area contributed by atoms with Gasteiger partial charge < -0.3 is 20.3 Å². The first-order valence-electron chi connectivity index (χ1n) is 8.51. The molecular weight excluding hydrogens is 306 g/mol.